The Hall–Kier alpha value is -1.29. The van der Waals surface area contributed by atoms with Crippen molar-refractivity contribution in [3.8, 4) is 0 Å². The van der Waals surface area contributed by atoms with Gasteiger partial charge in [-0.3, -0.25) is 9.09 Å². The number of hydrogen-bond acceptors (Lipinski definition) is 11. The van der Waals surface area contributed by atoms with Crippen LogP contribution in [0.1, 0.15) is 6.23 Å². The second-order valence-electron chi connectivity index (χ2n) is 5.66. The van der Waals surface area contributed by atoms with E-state index in [4.69, 9.17) is 32.5 Å². The maximum atomic E-state index is 11.5. The summed E-state index contributed by atoms with van der Waals surface area (Å²) in [7, 11) is -10.4. The second kappa shape index (κ2) is 7.51. The summed E-state index contributed by atoms with van der Waals surface area (Å²) >= 11 is 5.03. The third-order valence-electron chi connectivity index (χ3n) is 3.69. The van der Waals surface area contributed by atoms with Gasteiger partial charge in [0.05, 0.1) is 12.9 Å². The average molecular weight is 459 g/mol. The Morgan fingerprint density at radius 2 is 2.00 bits per heavy atom. The number of nitrogen functional groups attached to an aromatic ring is 1. The minimum Gasteiger partial charge on any atom is -0.387 e. The van der Waals surface area contributed by atoms with Crippen LogP contribution in [0.5, 0.6) is 0 Å². The number of hydrogen-bond donors (Lipinski definition) is 7. The summed E-state index contributed by atoms with van der Waals surface area (Å²) in [5.74, 6) is -0.0250. The summed E-state index contributed by atoms with van der Waals surface area (Å²) < 4.78 is 37.0. The van der Waals surface area contributed by atoms with E-state index < -0.39 is 46.8 Å². The largest absolute Gasteiger partial charge is 0.481 e. The summed E-state index contributed by atoms with van der Waals surface area (Å²) in [6.45, 7) is -0.825. The summed E-state index contributed by atoms with van der Waals surface area (Å²) in [5, 5.41) is 20.4. The molecule has 28 heavy (non-hydrogen) atoms. The number of phosphoric acid groups is 2. The number of imidazole rings is 1. The average Bonchev–Trinajstić information content (AvgIpc) is 3.06. The number of nitrogens with one attached hydrogen (secondary N) is 1. The van der Waals surface area contributed by atoms with E-state index in [1.54, 1.807) is 0 Å². The maximum Gasteiger partial charge on any atom is 0.481 e. The summed E-state index contributed by atoms with van der Waals surface area (Å²) in [6.07, 6.45) is -4.43. The highest BCUT2D eigenvalue weighted by Crippen LogP contribution is 2.57. The first-order valence-corrected chi connectivity index (χ1v) is 10.8. The number of aromatic amines is 1. The molecule has 1 unspecified atom stereocenters. The van der Waals surface area contributed by atoms with E-state index in [0.717, 1.165) is 0 Å². The molecule has 1 aliphatic rings. The van der Waals surface area contributed by atoms with Crippen LogP contribution >= 0.6 is 27.9 Å². The van der Waals surface area contributed by atoms with Gasteiger partial charge >= 0.3 is 15.6 Å². The monoisotopic (exact) mass is 459 g/mol. The van der Waals surface area contributed by atoms with E-state index in [9.17, 15) is 24.2 Å². The Bertz CT molecular complexity index is 1040. The van der Waals surface area contributed by atoms with Gasteiger partial charge in [0.25, 0.3) is 0 Å². The fourth-order valence-corrected chi connectivity index (χ4v) is 4.42. The minimum absolute atomic E-state index is 0.0250. The summed E-state index contributed by atoms with van der Waals surface area (Å²) in [4.78, 5) is 37.0. The van der Waals surface area contributed by atoms with Gasteiger partial charge in [-0.1, -0.05) is 12.2 Å². The van der Waals surface area contributed by atoms with Gasteiger partial charge in [-0.05, 0) is 0 Å². The molecule has 156 valence electrons. The zero-order chi connectivity index (χ0) is 20.9. The Morgan fingerprint density at radius 1 is 1.32 bits per heavy atom. The first-order chi connectivity index (χ1) is 12.9. The molecular formula is C10H15N5O10P2S. The van der Waals surface area contributed by atoms with Crippen molar-refractivity contribution >= 4 is 45.0 Å². The number of fused-ring (bicyclic) bond motifs is 1. The third-order valence-corrected chi connectivity index (χ3v) is 6.12. The van der Waals surface area contributed by atoms with E-state index in [2.05, 4.69) is 23.8 Å². The quantitative estimate of drug-likeness (QED) is 0.201. The van der Waals surface area contributed by atoms with Crippen molar-refractivity contribution in [1.82, 2.24) is 19.5 Å². The van der Waals surface area contributed by atoms with E-state index in [1.807, 2.05) is 0 Å². The van der Waals surface area contributed by atoms with Crippen LogP contribution in [0.4, 0.5) is 5.95 Å². The van der Waals surface area contributed by atoms with Crippen LogP contribution in [0.15, 0.2) is 6.33 Å². The van der Waals surface area contributed by atoms with Crippen LogP contribution in [0.25, 0.3) is 11.2 Å². The lowest BCUT2D eigenvalue weighted by atomic mass is 10.1. The van der Waals surface area contributed by atoms with Crippen molar-refractivity contribution in [2.45, 2.75) is 24.5 Å². The molecule has 3 rings (SSSR count). The van der Waals surface area contributed by atoms with E-state index in [1.165, 1.54) is 10.9 Å². The Kier molecular flexibility index (Phi) is 5.75. The first-order valence-electron chi connectivity index (χ1n) is 7.36. The molecule has 0 saturated carbocycles. The minimum atomic E-state index is -5.30. The number of H-pyrrole nitrogens is 1. The van der Waals surface area contributed by atoms with Crippen LogP contribution in [0.2, 0.25) is 0 Å². The van der Waals surface area contributed by atoms with Crippen molar-refractivity contribution in [2.75, 3.05) is 12.3 Å². The van der Waals surface area contributed by atoms with Gasteiger partial charge in [0.15, 0.2) is 16.8 Å². The normalized spacial score (nSPS) is 27.9. The molecule has 5 atom stereocenters. The first kappa shape index (κ1) is 21.4. The summed E-state index contributed by atoms with van der Waals surface area (Å²) in [6, 6.07) is 0. The predicted molar refractivity (Wildman–Crippen MR) is 92.0 cm³/mol. The fraction of sp³-hybridized carbons (Fsp3) is 0.500. The molecule has 8 N–H and O–H groups in total. The maximum absolute atomic E-state index is 11.5. The number of phosphoric ester groups is 1. The van der Waals surface area contributed by atoms with Gasteiger partial charge in [-0.25, -0.2) is 19.1 Å². The van der Waals surface area contributed by atoms with Crippen molar-refractivity contribution in [3.05, 3.63) is 11.0 Å². The number of nitrogens with two attached hydrogens (primary N) is 1. The molecule has 0 amide bonds. The molecule has 15 nitrogen and oxygen atoms in total. The molecule has 1 saturated heterocycles. The SMILES string of the molecule is Nc1nc(=S)c2ncn([C@@H]3O[C@@H](COP(=O)(O)OP(=O)(O)O)[C@@H](O)[C@H]3O)c2[nH]1. The number of anilines is 1. The zero-order valence-corrected chi connectivity index (χ0v) is 16.2. The van der Waals surface area contributed by atoms with Crippen molar-refractivity contribution in [1.29, 1.82) is 0 Å². The highest BCUT2D eigenvalue weighted by molar-refractivity contribution is 7.71. The number of aromatic nitrogens is 4. The van der Waals surface area contributed by atoms with Gasteiger partial charge in [0, 0.05) is 0 Å². The molecule has 2 aromatic rings. The van der Waals surface area contributed by atoms with Gasteiger partial charge in [0.2, 0.25) is 0 Å². The lowest BCUT2D eigenvalue weighted by Gasteiger charge is -2.17. The number of aliphatic hydroxyl groups excluding tert-OH is 2. The topological polar surface area (TPSA) is 235 Å². The van der Waals surface area contributed by atoms with Crippen molar-refractivity contribution in [2.24, 2.45) is 0 Å². The molecule has 0 aromatic carbocycles. The zero-order valence-electron chi connectivity index (χ0n) is 13.6. The molecule has 0 radical (unpaired) electrons. The highest BCUT2D eigenvalue weighted by atomic mass is 32.1. The molecule has 1 fully saturated rings. The molecule has 18 heteroatoms. The molecule has 3 heterocycles. The number of rotatable bonds is 6. The molecule has 1 aliphatic heterocycles. The lowest BCUT2D eigenvalue weighted by Crippen LogP contribution is -2.33. The molecule has 0 aliphatic carbocycles. The third kappa shape index (κ3) is 4.48. The van der Waals surface area contributed by atoms with E-state index >= 15 is 0 Å². The Balaban J connectivity index is 1.79. The molecular weight excluding hydrogens is 444 g/mol. The van der Waals surface area contributed by atoms with Gasteiger partial charge in [-0.15, -0.1) is 0 Å². The Morgan fingerprint density at radius 3 is 2.64 bits per heavy atom. The standard InChI is InChI=1S/C10H15N5O10P2S/c11-10-13-7-4(8(28)14-10)12-2-15(7)9-6(17)5(16)3(24-9)1-23-27(21,22)25-26(18,19)20/h2-3,5-6,9,16-17H,1H2,(H,21,22)(H2,18,19,20)(H3,11,13,14,28)/t3-,5+,6+,9+/m0/s1. The van der Waals surface area contributed by atoms with E-state index in [-0.39, 0.29) is 21.8 Å². The fourth-order valence-electron chi connectivity index (χ4n) is 2.57. The van der Waals surface area contributed by atoms with Crippen LogP contribution in [-0.2, 0) is 22.7 Å². The summed E-state index contributed by atoms with van der Waals surface area (Å²) in [5.41, 5.74) is 6.10. The number of nitrogens with zero attached hydrogens (tertiary/aromatic N) is 3. The highest BCUT2D eigenvalue weighted by Gasteiger charge is 2.45. The van der Waals surface area contributed by atoms with E-state index in [0.29, 0.717) is 0 Å². The predicted octanol–water partition coefficient (Wildman–Crippen LogP) is -1.08. The Labute approximate surface area is 160 Å². The van der Waals surface area contributed by atoms with Gasteiger partial charge in [0.1, 0.15) is 29.5 Å². The number of aliphatic hydroxyl groups is 2. The van der Waals surface area contributed by atoms with Gasteiger partial charge < -0.3 is 40.3 Å². The second-order valence-corrected chi connectivity index (χ2v) is 8.88. The molecule has 0 bridgehead atoms. The number of ether oxygens (including phenoxy) is 1. The van der Waals surface area contributed by atoms with Crippen LogP contribution in [0.3, 0.4) is 0 Å². The van der Waals surface area contributed by atoms with Crippen LogP contribution in [-0.4, -0.2) is 69.3 Å². The van der Waals surface area contributed by atoms with Crippen LogP contribution < -0.4 is 5.73 Å². The lowest BCUT2D eigenvalue weighted by molar-refractivity contribution is -0.0503. The van der Waals surface area contributed by atoms with Crippen LogP contribution in [0, 0.1) is 4.64 Å². The van der Waals surface area contributed by atoms with Crippen molar-refractivity contribution < 1.29 is 47.6 Å². The molecule has 2 aromatic heterocycles. The van der Waals surface area contributed by atoms with Gasteiger partial charge in [-0.2, -0.15) is 4.31 Å². The van der Waals surface area contributed by atoms with Crippen molar-refractivity contribution in [3.63, 3.8) is 0 Å². The smallest absolute Gasteiger partial charge is 0.387 e. The molecule has 0 spiro atoms.